The lowest BCUT2D eigenvalue weighted by atomic mass is 10.1. The van der Waals surface area contributed by atoms with Crippen molar-refractivity contribution in [1.82, 2.24) is 5.32 Å². The molecule has 1 rings (SSSR count). The molecule has 0 heterocycles. The Morgan fingerprint density at radius 1 is 1.41 bits per heavy atom. The molecule has 0 aliphatic heterocycles. The number of rotatable bonds is 6. The summed E-state index contributed by atoms with van der Waals surface area (Å²) in [6.07, 6.45) is 2.46. The maximum absolute atomic E-state index is 11.7. The van der Waals surface area contributed by atoms with Crippen LogP contribution >= 0.6 is 11.8 Å². The smallest absolute Gasteiger partial charge is 0.221 e. The summed E-state index contributed by atoms with van der Waals surface area (Å²) in [6, 6.07) is 9.20. The highest BCUT2D eigenvalue weighted by molar-refractivity contribution is 7.99. The van der Waals surface area contributed by atoms with Crippen LogP contribution in [0.5, 0.6) is 0 Å². The van der Waals surface area contributed by atoms with Crippen LogP contribution in [-0.4, -0.2) is 29.1 Å². The molecular weight excluding hydrogens is 234 g/mol. The molecule has 2 unspecified atom stereocenters. The van der Waals surface area contributed by atoms with Crippen molar-refractivity contribution in [2.24, 2.45) is 0 Å². The first-order valence-electron chi connectivity index (χ1n) is 5.65. The van der Waals surface area contributed by atoms with Crippen LogP contribution < -0.4 is 5.32 Å². The predicted octanol–water partition coefficient (Wildman–Crippen LogP) is 1.98. The quantitative estimate of drug-likeness (QED) is 0.815. The number of thioether (sulfide) groups is 1. The highest BCUT2D eigenvalue weighted by atomic mass is 32.2. The standard InChI is InChI=1S/C13H19NO2S/c1-10(17-2)8-13(16)14-12(9-15)11-6-4-3-5-7-11/h3-7,10,12,15H,8-9H2,1-2H3,(H,14,16). The Labute approximate surface area is 107 Å². The maximum atomic E-state index is 11.7. The molecule has 0 saturated heterocycles. The van der Waals surface area contributed by atoms with Gasteiger partial charge in [0.15, 0.2) is 0 Å². The highest BCUT2D eigenvalue weighted by Gasteiger charge is 2.14. The van der Waals surface area contributed by atoms with Gasteiger partial charge in [-0.25, -0.2) is 0 Å². The van der Waals surface area contributed by atoms with Gasteiger partial charge in [0.2, 0.25) is 5.91 Å². The number of hydrogen-bond acceptors (Lipinski definition) is 3. The van der Waals surface area contributed by atoms with Crippen LogP contribution in [0.3, 0.4) is 0 Å². The molecule has 3 nitrogen and oxygen atoms in total. The minimum Gasteiger partial charge on any atom is -0.394 e. The number of carbonyl (C=O) groups excluding carboxylic acids is 1. The van der Waals surface area contributed by atoms with E-state index in [1.807, 2.05) is 43.5 Å². The first-order chi connectivity index (χ1) is 8.17. The molecule has 1 aromatic carbocycles. The molecule has 1 amide bonds. The van der Waals surface area contributed by atoms with Gasteiger partial charge in [0.1, 0.15) is 0 Å². The van der Waals surface area contributed by atoms with E-state index < -0.39 is 0 Å². The third-order valence-electron chi connectivity index (χ3n) is 2.59. The summed E-state index contributed by atoms with van der Waals surface area (Å²) in [7, 11) is 0. The Kier molecular flexibility index (Phi) is 6.08. The van der Waals surface area contributed by atoms with Gasteiger partial charge in [-0.1, -0.05) is 37.3 Å². The van der Waals surface area contributed by atoms with Gasteiger partial charge in [0.05, 0.1) is 12.6 Å². The van der Waals surface area contributed by atoms with Gasteiger partial charge in [0, 0.05) is 11.7 Å². The fraction of sp³-hybridized carbons (Fsp3) is 0.462. The third kappa shape index (κ3) is 4.79. The van der Waals surface area contributed by atoms with E-state index in [9.17, 15) is 9.90 Å². The van der Waals surface area contributed by atoms with Gasteiger partial charge in [-0.3, -0.25) is 4.79 Å². The lowest BCUT2D eigenvalue weighted by Gasteiger charge is -2.17. The van der Waals surface area contributed by atoms with Crippen LogP contribution in [0.2, 0.25) is 0 Å². The van der Waals surface area contributed by atoms with Crippen molar-refractivity contribution in [2.75, 3.05) is 12.9 Å². The Morgan fingerprint density at radius 3 is 2.59 bits per heavy atom. The van der Waals surface area contributed by atoms with E-state index >= 15 is 0 Å². The molecule has 0 aliphatic carbocycles. The molecule has 0 bridgehead atoms. The van der Waals surface area contributed by atoms with E-state index in [1.165, 1.54) is 0 Å². The zero-order chi connectivity index (χ0) is 12.7. The van der Waals surface area contributed by atoms with Crippen LogP contribution in [0.4, 0.5) is 0 Å². The monoisotopic (exact) mass is 253 g/mol. The van der Waals surface area contributed by atoms with Crippen LogP contribution in [0.25, 0.3) is 0 Å². The fourth-order valence-corrected chi connectivity index (χ4v) is 1.84. The number of amides is 1. The Morgan fingerprint density at radius 2 is 2.06 bits per heavy atom. The normalized spacial score (nSPS) is 14.1. The number of carbonyl (C=O) groups is 1. The number of aliphatic hydroxyl groups excluding tert-OH is 1. The first kappa shape index (κ1) is 14.1. The summed E-state index contributed by atoms with van der Waals surface area (Å²) in [6.45, 7) is 1.93. The van der Waals surface area contributed by atoms with Crippen LogP contribution in [0.15, 0.2) is 30.3 Å². The molecule has 0 saturated carbocycles. The second kappa shape index (κ2) is 7.35. The zero-order valence-corrected chi connectivity index (χ0v) is 11.0. The topological polar surface area (TPSA) is 49.3 Å². The molecule has 0 spiro atoms. The van der Waals surface area contributed by atoms with Crippen molar-refractivity contribution in [2.45, 2.75) is 24.6 Å². The molecule has 2 atom stereocenters. The van der Waals surface area contributed by atoms with E-state index in [2.05, 4.69) is 5.32 Å². The first-order valence-corrected chi connectivity index (χ1v) is 6.94. The van der Waals surface area contributed by atoms with E-state index in [1.54, 1.807) is 11.8 Å². The molecule has 94 valence electrons. The Balaban J connectivity index is 2.56. The fourth-order valence-electron chi connectivity index (χ4n) is 1.52. The van der Waals surface area contributed by atoms with Crippen molar-refractivity contribution >= 4 is 17.7 Å². The van der Waals surface area contributed by atoms with Gasteiger partial charge < -0.3 is 10.4 Å². The van der Waals surface area contributed by atoms with E-state index in [-0.39, 0.29) is 18.6 Å². The van der Waals surface area contributed by atoms with E-state index in [0.717, 1.165) is 5.56 Å². The minimum atomic E-state index is -0.308. The molecule has 0 aromatic heterocycles. The van der Waals surface area contributed by atoms with Crippen molar-refractivity contribution in [3.8, 4) is 0 Å². The predicted molar refractivity (Wildman–Crippen MR) is 72.0 cm³/mol. The molecule has 1 aromatic rings. The van der Waals surface area contributed by atoms with Gasteiger partial charge in [-0.15, -0.1) is 0 Å². The lowest BCUT2D eigenvalue weighted by Crippen LogP contribution is -2.32. The van der Waals surface area contributed by atoms with Gasteiger partial charge in [-0.05, 0) is 11.8 Å². The zero-order valence-electron chi connectivity index (χ0n) is 10.2. The van der Waals surface area contributed by atoms with Crippen LogP contribution in [0.1, 0.15) is 24.9 Å². The Hall–Kier alpha value is -1.00. The average Bonchev–Trinajstić information content (AvgIpc) is 2.36. The molecule has 0 fully saturated rings. The summed E-state index contributed by atoms with van der Waals surface area (Å²) >= 11 is 1.66. The molecular formula is C13H19NO2S. The van der Waals surface area contributed by atoms with Crippen molar-refractivity contribution in [3.05, 3.63) is 35.9 Å². The number of benzene rings is 1. The minimum absolute atomic E-state index is 0.0187. The second-order valence-electron chi connectivity index (χ2n) is 3.96. The lowest BCUT2D eigenvalue weighted by molar-refractivity contribution is -0.122. The molecule has 4 heteroatoms. The number of aliphatic hydroxyl groups is 1. The molecule has 2 N–H and O–H groups in total. The number of nitrogens with one attached hydrogen (secondary N) is 1. The van der Waals surface area contributed by atoms with Crippen molar-refractivity contribution in [1.29, 1.82) is 0 Å². The highest BCUT2D eigenvalue weighted by Crippen LogP contribution is 2.14. The summed E-state index contributed by atoms with van der Waals surface area (Å²) < 4.78 is 0. The van der Waals surface area contributed by atoms with Crippen molar-refractivity contribution in [3.63, 3.8) is 0 Å². The average molecular weight is 253 g/mol. The third-order valence-corrected chi connectivity index (χ3v) is 3.57. The van der Waals surface area contributed by atoms with Gasteiger partial charge in [0.25, 0.3) is 0 Å². The van der Waals surface area contributed by atoms with Gasteiger partial charge >= 0.3 is 0 Å². The summed E-state index contributed by atoms with van der Waals surface area (Å²) in [4.78, 5) is 11.7. The molecule has 17 heavy (non-hydrogen) atoms. The molecule has 0 radical (unpaired) electrons. The largest absolute Gasteiger partial charge is 0.394 e. The van der Waals surface area contributed by atoms with E-state index in [4.69, 9.17) is 0 Å². The van der Waals surface area contributed by atoms with E-state index in [0.29, 0.717) is 11.7 Å². The second-order valence-corrected chi connectivity index (χ2v) is 5.24. The summed E-state index contributed by atoms with van der Waals surface area (Å²) in [5, 5.41) is 12.4. The summed E-state index contributed by atoms with van der Waals surface area (Å²) in [5.74, 6) is -0.0187. The number of hydrogen-bond donors (Lipinski definition) is 2. The Bertz CT molecular complexity index is 343. The maximum Gasteiger partial charge on any atom is 0.221 e. The van der Waals surface area contributed by atoms with Crippen LogP contribution in [0, 0.1) is 0 Å². The van der Waals surface area contributed by atoms with Gasteiger partial charge in [-0.2, -0.15) is 11.8 Å². The van der Waals surface area contributed by atoms with Crippen molar-refractivity contribution < 1.29 is 9.90 Å². The van der Waals surface area contributed by atoms with Crippen LogP contribution in [-0.2, 0) is 4.79 Å². The summed E-state index contributed by atoms with van der Waals surface area (Å²) in [5.41, 5.74) is 0.931. The SMILES string of the molecule is CSC(C)CC(=O)NC(CO)c1ccccc1. The molecule has 0 aliphatic rings.